The Morgan fingerprint density at radius 2 is 2.14 bits per heavy atom. The Hall–Kier alpha value is -1.79. The molecule has 3 N–H and O–H groups in total. The molecule has 0 bridgehead atoms. The highest BCUT2D eigenvalue weighted by Crippen LogP contribution is 2.18. The number of carbonyl (C=O) groups excluding carboxylic acids is 1. The Labute approximate surface area is 125 Å². The van der Waals surface area contributed by atoms with Gasteiger partial charge in [-0.25, -0.2) is 0 Å². The van der Waals surface area contributed by atoms with Gasteiger partial charge in [0.05, 0.1) is 19.8 Å². The van der Waals surface area contributed by atoms with Gasteiger partial charge in [-0.15, -0.1) is 0 Å². The van der Waals surface area contributed by atoms with Gasteiger partial charge < -0.3 is 20.5 Å². The second-order valence-corrected chi connectivity index (χ2v) is 4.93. The lowest BCUT2D eigenvalue weighted by molar-refractivity contribution is 0.0383. The molecule has 1 aliphatic heterocycles. The first-order valence-electron chi connectivity index (χ1n) is 7.30. The number of carbonyl (C=O) groups is 1. The predicted octanol–water partition coefficient (Wildman–Crippen LogP) is 0.730. The van der Waals surface area contributed by atoms with Gasteiger partial charge in [-0.2, -0.15) is 0 Å². The van der Waals surface area contributed by atoms with Gasteiger partial charge in [0.2, 0.25) is 0 Å². The normalized spacial score (nSPS) is 15.7. The molecule has 1 amide bonds. The van der Waals surface area contributed by atoms with E-state index in [1.807, 2.05) is 6.92 Å². The molecule has 6 nitrogen and oxygen atoms in total. The van der Waals surface area contributed by atoms with Gasteiger partial charge in [0.1, 0.15) is 5.75 Å². The number of nitrogen functional groups attached to an aromatic ring is 1. The average molecular weight is 293 g/mol. The monoisotopic (exact) mass is 293 g/mol. The van der Waals surface area contributed by atoms with Crippen LogP contribution in [-0.4, -0.2) is 56.8 Å². The Balaban J connectivity index is 1.84. The maximum atomic E-state index is 12.1. The van der Waals surface area contributed by atoms with Gasteiger partial charge in [-0.05, 0) is 19.1 Å². The molecule has 21 heavy (non-hydrogen) atoms. The van der Waals surface area contributed by atoms with E-state index in [9.17, 15) is 4.79 Å². The quantitative estimate of drug-likeness (QED) is 0.756. The fourth-order valence-corrected chi connectivity index (χ4v) is 2.26. The third kappa shape index (κ3) is 4.91. The third-order valence-corrected chi connectivity index (χ3v) is 3.32. The zero-order chi connectivity index (χ0) is 15.1. The number of anilines is 1. The summed E-state index contributed by atoms with van der Waals surface area (Å²) >= 11 is 0. The van der Waals surface area contributed by atoms with Crippen LogP contribution in [-0.2, 0) is 4.74 Å². The number of hydrogen-bond acceptors (Lipinski definition) is 5. The van der Waals surface area contributed by atoms with Crippen LogP contribution in [0.15, 0.2) is 18.2 Å². The van der Waals surface area contributed by atoms with Gasteiger partial charge in [0.25, 0.3) is 5.91 Å². The third-order valence-electron chi connectivity index (χ3n) is 3.32. The van der Waals surface area contributed by atoms with E-state index in [2.05, 4.69) is 10.2 Å². The second kappa shape index (κ2) is 7.85. The lowest BCUT2D eigenvalue weighted by Crippen LogP contribution is -2.41. The Morgan fingerprint density at radius 1 is 1.38 bits per heavy atom. The van der Waals surface area contributed by atoms with Crippen molar-refractivity contribution in [3.05, 3.63) is 23.8 Å². The number of morpholine rings is 1. The maximum absolute atomic E-state index is 12.1. The molecule has 0 saturated carbocycles. The van der Waals surface area contributed by atoms with Crippen LogP contribution >= 0.6 is 0 Å². The molecule has 116 valence electrons. The molecule has 1 aliphatic rings. The van der Waals surface area contributed by atoms with Gasteiger partial charge in [-0.3, -0.25) is 9.69 Å². The molecule has 0 radical (unpaired) electrons. The molecule has 1 saturated heterocycles. The standard InChI is InChI=1S/C15H23N3O3/c1-2-21-14-10-12(9-13(16)11-14)15(19)17-3-4-18-5-7-20-8-6-18/h9-11H,2-8,16H2,1H3,(H,17,19). The van der Waals surface area contributed by atoms with Gasteiger partial charge in [-0.1, -0.05) is 0 Å². The molecule has 1 fully saturated rings. The van der Waals surface area contributed by atoms with Crippen molar-refractivity contribution in [1.29, 1.82) is 0 Å². The molecular formula is C15H23N3O3. The van der Waals surface area contributed by atoms with Gasteiger partial charge in [0.15, 0.2) is 0 Å². The van der Waals surface area contributed by atoms with Crippen LogP contribution in [0.1, 0.15) is 17.3 Å². The molecular weight excluding hydrogens is 270 g/mol. The van der Waals surface area contributed by atoms with E-state index in [-0.39, 0.29) is 5.91 Å². The molecule has 1 aromatic carbocycles. The number of hydrogen-bond donors (Lipinski definition) is 2. The fraction of sp³-hybridized carbons (Fsp3) is 0.533. The lowest BCUT2D eigenvalue weighted by atomic mass is 10.1. The summed E-state index contributed by atoms with van der Waals surface area (Å²) in [5, 5.41) is 2.91. The Bertz CT molecular complexity index is 473. The number of nitrogens with two attached hydrogens (primary N) is 1. The zero-order valence-corrected chi connectivity index (χ0v) is 12.4. The van der Waals surface area contributed by atoms with E-state index >= 15 is 0 Å². The minimum absolute atomic E-state index is 0.128. The van der Waals surface area contributed by atoms with E-state index < -0.39 is 0 Å². The highest BCUT2D eigenvalue weighted by Gasteiger charge is 2.12. The molecule has 0 aromatic heterocycles. The smallest absolute Gasteiger partial charge is 0.251 e. The maximum Gasteiger partial charge on any atom is 0.251 e. The van der Waals surface area contributed by atoms with Crippen molar-refractivity contribution >= 4 is 11.6 Å². The van der Waals surface area contributed by atoms with Crippen molar-refractivity contribution in [2.24, 2.45) is 0 Å². The summed E-state index contributed by atoms with van der Waals surface area (Å²) in [5.74, 6) is 0.493. The summed E-state index contributed by atoms with van der Waals surface area (Å²) in [7, 11) is 0. The number of benzene rings is 1. The Morgan fingerprint density at radius 3 is 2.86 bits per heavy atom. The van der Waals surface area contributed by atoms with Crippen LogP contribution in [0.3, 0.4) is 0 Å². The van der Waals surface area contributed by atoms with Crippen LogP contribution in [0.4, 0.5) is 5.69 Å². The minimum atomic E-state index is -0.128. The van der Waals surface area contributed by atoms with E-state index in [1.54, 1.807) is 18.2 Å². The van der Waals surface area contributed by atoms with Crippen molar-refractivity contribution in [3.63, 3.8) is 0 Å². The van der Waals surface area contributed by atoms with Crippen LogP contribution in [0, 0.1) is 0 Å². The first kappa shape index (κ1) is 15.6. The number of nitrogens with one attached hydrogen (secondary N) is 1. The average Bonchev–Trinajstić information content (AvgIpc) is 2.48. The summed E-state index contributed by atoms with van der Waals surface area (Å²) in [6.07, 6.45) is 0. The summed E-state index contributed by atoms with van der Waals surface area (Å²) < 4.78 is 10.7. The Kier molecular flexibility index (Phi) is 5.83. The first-order chi connectivity index (χ1) is 10.2. The number of amides is 1. The molecule has 1 heterocycles. The van der Waals surface area contributed by atoms with E-state index in [4.69, 9.17) is 15.2 Å². The zero-order valence-electron chi connectivity index (χ0n) is 12.4. The molecule has 0 unspecified atom stereocenters. The summed E-state index contributed by atoms with van der Waals surface area (Å²) in [6.45, 7) is 7.24. The fourth-order valence-electron chi connectivity index (χ4n) is 2.26. The molecule has 0 spiro atoms. The number of nitrogens with zero attached hydrogens (tertiary/aromatic N) is 1. The molecule has 6 heteroatoms. The lowest BCUT2D eigenvalue weighted by Gasteiger charge is -2.26. The predicted molar refractivity (Wildman–Crippen MR) is 81.6 cm³/mol. The minimum Gasteiger partial charge on any atom is -0.494 e. The summed E-state index contributed by atoms with van der Waals surface area (Å²) in [4.78, 5) is 14.4. The second-order valence-electron chi connectivity index (χ2n) is 4.93. The van der Waals surface area contributed by atoms with Crippen molar-refractivity contribution in [2.45, 2.75) is 6.92 Å². The van der Waals surface area contributed by atoms with Crippen LogP contribution in [0.25, 0.3) is 0 Å². The van der Waals surface area contributed by atoms with Gasteiger partial charge in [0, 0.05) is 43.5 Å². The topological polar surface area (TPSA) is 76.8 Å². The first-order valence-corrected chi connectivity index (χ1v) is 7.30. The van der Waals surface area contributed by atoms with E-state index in [1.165, 1.54) is 0 Å². The van der Waals surface area contributed by atoms with Crippen LogP contribution in [0.2, 0.25) is 0 Å². The highest BCUT2D eigenvalue weighted by molar-refractivity contribution is 5.95. The van der Waals surface area contributed by atoms with Crippen molar-refractivity contribution in [3.8, 4) is 5.75 Å². The molecule has 0 atom stereocenters. The number of rotatable bonds is 6. The number of ether oxygens (including phenoxy) is 2. The van der Waals surface area contributed by atoms with E-state index in [0.29, 0.717) is 30.2 Å². The summed E-state index contributed by atoms with van der Waals surface area (Å²) in [5.41, 5.74) is 6.85. The van der Waals surface area contributed by atoms with Crippen molar-refractivity contribution in [1.82, 2.24) is 10.2 Å². The molecule has 1 aromatic rings. The SMILES string of the molecule is CCOc1cc(N)cc(C(=O)NCCN2CCOCC2)c1. The molecule has 2 rings (SSSR count). The largest absolute Gasteiger partial charge is 0.494 e. The van der Waals surface area contributed by atoms with Gasteiger partial charge >= 0.3 is 0 Å². The summed E-state index contributed by atoms with van der Waals surface area (Å²) in [6, 6.07) is 5.09. The van der Waals surface area contributed by atoms with Crippen molar-refractivity contribution in [2.75, 3.05) is 51.7 Å². The van der Waals surface area contributed by atoms with Crippen LogP contribution < -0.4 is 15.8 Å². The van der Waals surface area contributed by atoms with E-state index in [0.717, 1.165) is 32.8 Å². The van der Waals surface area contributed by atoms with Crippen LogP contribution in [0.5, 0.6) is 5.75 Å². The highest BCUT2D eigenvalue weighted by atomic mass is 16.5. The van der Waals surface area contributed by atoms with Crippen molar-refractivity contribution < 1.29 is 14.3 Å². The molecule has 0 aliphatic carbocycles.